The summed E-state index contributed by atoms with van der Waals surface area (Å²) in [4.78, 5) is 17.3. The van der Waals surface area contributed by atoms with E-state index in [4.69, 9.17) is 9.47 Å². The Hall–Kier alpha value is -3.61. The highest BCUT2D eigenvalue weighted by molar-refractivity contribution is 5.88. The van der Waals surface area contributed by atoms with E-state index in [0.717, 1.165) is 36.9 Å². The zero-order valence-electron chi connectivity index (χ0n) is 17.8. The number of aromatic carboxylic acids is 1. The van der Waals surface area contributed by atoms with Gasteiger partial charge < -0.3 is 19.5 Å². The van der Waals surface area contributed by atoms with Gasteiger partial charge in [-0.05, 0) is 67.6 Å². The monoisotopic (exact) mass is 436 g/mol. The zero-order valence-corrected chi connectivity index (χ0v) is 17.8. The van der Waals surface area contributed by atoms with Crippen molar-refractivity contribution < 1.29 is 23.8 Å². The minimum absolute atomic E-state index is 0.151. The number of carboxylic acids is 1. The third kappa shape index (κ3) is 4.82. The van der Waals surface area contributed by atoms with Crippen molar-refractivity contribution in [1.82, 2.24) is 4.98 Å². The van der Waals surface area contributed by atoms with Crippen molar-refractivity contribution in [2.75, 3.05) is 12.0 Å². The first kappa shape index (κ1) is 21.6. The van der Waals surface area contributed by atoms with Crippen LogP contribution in [0.2, 0.25) is 0 Å². The molecule has 32 heavy (non-hydrogen) atoms. The molecule has 6 nitrogen and oxygen atoms in total. The third-order valence-electron chi connectivity index (χ3n) is 5.61. The van der Waals surface area contributed by atoms with Crippen molar-refractivity contribution in [3.63, 3.8) is 0 Å². The quantitative estimate of drug-likeness (QED) is 0.497. The normalized spacial score (nSPS) is 13.7. The van der Waals surface area contributed by atoms with Crippen LogP contribution in [0.1, 0.15) is 41.6 Å². The third-order valence-corrected chi connectivity index (χ3v) is 5.61. The molecule has 0 radical (unpaired) electrons. The molecule has 1 aliphatic rings. The number of halogens is 1. The van der Waals surface area contributed by atoms with Crippen molar-refractivity contribution in [1.29, 1.82) is 0 Å². The average Bonchev–Trinajstić information content (AvgIpc) is 3.31. The first-order chi connectivity index (χ1) is 15.5. The number of benzene rings is 2. The van der Waals surface area contributed by atoms with E-state index in [2.05, 4.69) is 4.98 Å². The van der Waals surface area contributed by atoms with Crippen LogP contribution in [-0.2, 0) is 6.54 Å². The van der Waals surface area contributed by atoms with E-state index in [9.17, 15) is 14.3 Å². The number of rotatable bonds is 8. The van der Waals surface area contributed by atoms with Gasteiger partial charge in [-0.1, -0.05) is 6.07 Å². The molecular weight excluding hydrogens is 411 g/mol. The molecule has 1 aliphatic carbocycles. The number of carbonyl (C=O) groups is 1. The molecule has 1 saturated carbocycles. The molecule has 3 aromatic rings. The minimum atomic E-state index is -1.30. The Morgan fingerprint density at radius 2 is 1.88 bits per heavy atom. The van der Waals surface area contributed by atoms with Gasteiger partial charge in [0.15, 0.2) is 11.5 Å². The van der Waals surface area contributed by atoms with Crippen LogP contribution in [0.5, 0.6) is 11.5 Å². The predicted octanol–water partition coefficient (Wildman–Crippen LogP) is 5.59. The van der Waals surface area contributed by atoms with Crippen LogP contribution >= 0.6 is 0 Å². The van der Waals surface area contributed by atoms with Crippen molar-refractivity contribution in [3.8, 4) is 11.5 Å². The molecule has 0 atom stereocenters. The highest BCUT2D eigenvalue weighted by Gasteiger charge is 2.21. The highest BCUT2D eigenvalue weighted by atomic mass is 19.1. The highest BCUT2D eigenvalue weighted by Crippen LogP contribution is 2.38. The van der Waals surface area contributed by atoms with Crippen LogP contribution in [-0.4, -0.2) is 29.3 Å². The molecule has 0 spiro atoms. The van der Waals surface area contributed by atoms with E-state index < -0.39 is 11.8 Å². The molecule has 0 saturated heterocycles. The van der Waals surface area contributed by atoms with Crippen molar-refractivity contribution in [3.05, 3.63) is 77.9 Å². The molecule has 0 bridgehead atoms. The second kappa shape index (κ2) is 9.68. The van der Waals surface area contributed by atoms with E-state index in [-0.39, 0.29) is 11.7 Å². The van der Waals surface area contributed by atoms with Gasteiger partial charge in [0, 0.05) is 36.4 Å². The smallest absolute Gasteiger partial charge is 0.338 e. The first-order valence-electron chi connectivity index (χ1n) is 10.6. The van der Waals surface area contributed by atoms with E-state index in [1.165, 1.54) is 12.1 Å². The van der Waals surface area contributed by atoms with Crippen molar-refractivity contribution in [2.45, 2.75) is 38.3 Å². The number of anilines is 2. The number of pyridine rings is 1. The van der Waals surface area contributed by atoms with Crippen LogP contribution in [0.15, 0.2) is 60.9 Å². The van der Waals surface area contributed by atoms with Gasteiger partial charge in [0.2, 0.25) is 0 Å². The van der Waals surface area contributed by atoms with Crippen LogP contribution < -0.4 is 14.4 Å². The summed E-state index contributed by atoms with van der Waals surface area (Å²) < 4.78 is 26.2. The Morgan fingerprint density at radius 1 is 1.12 bits per heavy atom. The second-order valence-electron chi connectivity index (χ2n) is 7.78. The summed E-state index contributed by atoms with van der Waals surface area (Å²) in [5.41, 5.74) is 1.85. The lowest BCUT2D eigenvalue weighted by Crippen LogP contribution is -2.18. The van der Waals surface area contributed by atoms with E-state index in [0.29, 0.717) is 23.7 Å². The fourth-order valence-electron chi connectivity index (χ4n) is 3.96. The predicted molar refractivity (Wildman–Crippen MR) is 119 cm³/mol. The van der Waals surface area contributed by atoms with Gasteiger partial charge in [-0.25, -0.2) is 9.18 Å². The molecule has 0 unspecified atom stereocenters. The number of carboxylic acid groups (broad SMARTS) is 1. The molecule has 166 valence electrons. The molecule has 7 heteroatoms. The average molecular weight is 436 g/mol. The summed E-state index contributed by atoms with van der Waals surface area (Å²) in [6.07, 6.45) is 7.90. The zero-order chi connectivity index (χ0) is 22.5. The summed E-state index contributed by atoms with van der Waals surface area (Å²) in [7, 11) is 1.60. The lowest BCUT2D eigenvalue weighted by Gasteiger charge is -2.27. The lowest BCUT2D eigenvalue weighted by atomic mass is 10.1. The Kier molecular flexibility index (Phi) is 6.54. The molecule has 0 aliphatic heterocycles. The van der Waals surface area contributed by atoms with E-state index in [1.807, 2.05) is 35.2 Å². The molecule has 1 N–H and O–H groups in total. The van der Waals surface area contributed by atoms with E-state index in [1.54, 1.807) is 25.6 Å². The Morgan fingerprint density at radius 3 is 2.53 bits per heavy atom. The minimum Gasteiger partial charge on any atom is -0.493 e. The van der Waals surface area contributed by atoms with Gasteiger partial charge in [0.1, 0.15) is 5.82 Å². The number of nitrogens with zero attached hydrogens (tertiary/aromatic N) is 2. The number of hydrogen-bond acceptors (Lipinski definition) is 5. The maximum Gasteiger partial charge on any atom is 0.338 e. The molecule has 1 heterocycles. The van der Waals surface area contributed by atoms with Crippen molar-refractivity contribution >= 4 is 17.3 Å². The molecular formula is C25H25FN2O4. The maximum absolute atomic E-state index is 14.5. The lowest BCUT2D eigenvalue weighted by molar-refractivity contribution is 0.0692. The molecule has 1 aromatic heterocycles. The van der Waals surface area contributed by atoms with Crippen LogP contribution in [0, 0.1) is 5.82 Å². The van der Waals surface area contributed by atoms with Crippen LogP contribution in [0.25, 0.3) is 0 Å². The fraction of sp³-hybridized carbons (Fsp3) is 0.280. The van der Waals surface area contributed by atoms with Gasteiger partial charge in [0.25, 0.3) is 0 Å². The number of aromatic nitrogens is 1. The van der Waals surface area contributed by atoms with Gasteiger partial charge in [-0.2, -0.15) is 0 Å². The number of ether oxygens (including phenoxy) is 2. The topological polar surface area (TPSA) is 71.9 Å². The van der Waals surface area contributed by atoms with E-state index >= 15 is 0 Å². The second-order valence-corrected chi connectivity index (χ2v) is 7.78. The van der Waals surface area contributed by atoms with Gasteiger partial charge in [-0.15, -0.1) is 0 Å². The summed E-state index contributed by atoms with van der Waals surface area (Å²) in [5, 5.41) is 9.18. The summed E-state index contributed by atoms with van der Waals surface area (Å²) in [6.45, 7) is 0.412. The molecule has 1 fully saturated rings. The first-order valence-corrected chi connectivity index (χ1v) is 10.6. The number of methoxy groups -OCH3 is 1. The van der Waals surface area contributed by atoms with Gasteiger partial charge in [0.05, 0.1) is 18.8 Å². The fourth-order valence-corrected chi connectivity index (χ4v) is 3.96. The van der Waals surface area contributed by atoms with Gasteiger partial charge in [-0.3, -0.25) is 4.98 Å². The summed E-state index contributed by atoms with van der Waals surface area (Å²) >= 11 is 0. The SMILES string of the molecule is COc1ccc(N(Cc2cccnc2)c2ccc(C(=O)O)c(F)c2)cc1OC1CCCC1. The molecule has 0 amide bonds. The molecule has 2 aromatic carbocycles. The van der Waals surface area contributed by atoms with Crippen LogP contribution in [0.4, 0.5) is 15.8 Å². The maximum atomic E-state index is 14.5. The standard InChI is InChI=1S/C25H25FN2O4/c1-31-23-11-9-19(14-24(23)32-20-6-2-3-7-20)28(16-17-5-4-12-27-15-17)18-8-10-21(25(29)30)22(26)13-18/h4-5,8-15,20H,2-3,6-7,16H2,1H3,(H,29,30). The number of hydrogen-bond donors (Lipinski definition) is 1. The van der Waals surface area contributed by atoms with Gasteiger partial charge >= 0.3 is 5.97 Å². The Balaban J connectivity index is 1.74. The summed E-state index contributed by atoms with van der Waals surface area (Å²) in [6, 6.07) is 13.5. The van der Waals surface area contributed by atoms with Crippen LogP contribution in [0.3, 0.4) is 0 Å². The Bertz CT molecular complexity index is 1080. The molecule has 4 rings (SSSR count). The summed E-state index contributed by atoms with van der Waals surface area (Å²) in [5.74, 6) is -0.822. The largest absolute Gasteiger partial charge is 0.493 e. The Labute approximate surface area is 186 Å². The van der Waals surface area contributed by atoms with Crippen molar-refractivity contribution in [2.24, 2.45) is 0 Å².